The lowest BCUT2D eigenvalue weighted by Gasteiger charge is -2.06. The van der Waals surface area contributed by atoms with E-state index in [9.17, 15) is 9.59 Å². The molecule has 112 valence electrons. The molecule has 1 unspecified atom stereocenters. The van der Waals surface area contributed by atoms with Crippen molar-refractivity contribution in [3.8, 4) is 0 Å². The highest BCUT2D eigenvalue weighted by molar-refractivity contribution is 6.36. The quantitative estimate of drug-likeness (QED) is 0.862. The van der Waals surface area contributed by atoms with Gasteiger partial charge in [0.15, 0.2) is 5.78 Å². The molecule has 0 heterocycles. The van der Waals surface area contributed by atoms with Gasteiger partial charge in [-0.2, -0.15) is 0 Å². The van der Waals surface area contributed by atoms with Crippen molar-refractivity contribution < 1.29 is 14.7 Å². The number of carboxylic acids is 1. The fourth-order valence-electron chi connectivity index (χ4n) is 2.76. The maximum atomic E-state index is 12.6. The predicted molar refractivity (Wildman–Crippen MR) is 84.9 cm³/mol. The second kappa shape index (κ2) is 5.75. The van der Waals surface area contributed by atoms with E-state index in [2.05, 4.69) is 0 Å². The zero-order valence-corrected chi connectivity index (χ0v) is 13.0. The van der Waals surface area contributed by atoms with Gasteiger partial charge in [-0.25, -0.2) is 0 Å². The van der Waals surface area contributed by atoms with Crippen LogP contribution in [0.4, 0.5) is 0 Å². The summed E-state index contributed by atoms with van der Waals surface area (Å²) in [6.45, 7) is 0. The first kappa shape index (κ1) is 15.1. The Labute approximate surface area is 137 Å². The number of carbonyl (C=O) groups excluding carboxylic acids is 1. The molecule has 5 heteroatoms. The van der Waals surface area contributed by atoms with Crippen LogP contribution in [-0.4, -0.2) is 16.9 Å². The molecule has 1 atom stereocenters. The molecule has 1 aliphatic rings. The Morgan fingerprint density at radius 2 is 1.73 bits per heavy atom. The summed E-state index contributed by atoms with van der Waals surface area (Å²) in [4.78, 5) is 23.7. The molecule has 22 heavy (non-hydrogen) atoms. The number of hydrogen-bond acceptors (Lipinski definition) is 2. The fourth-order valence-corrected chi connectivity index (χ4v) is 3.14. The second-order valence-electron chi connectivity index (χ2n) is 5.38. The summed E-state index contributed by atoms with van der Waals surface area (Å²) >= 11 is 12.0. The highest BCUT2D eigenvalue weighted by Crippen LogP contribution is 2.30. The Kier molecular flexibility index (Phi) is 3.94. The minimum atomic E-state index is -0.804. The van der Waals surface area contributed by atoms with Crippen molar-refractivity contribution in [1.82, 2.24) is 0 Å². The van der Waals surface area contributed by atoms with E-state index in [4.69, 9.17) is 28.3 Å². The van der Waals surface area contributed by atoms with Gasteiger partial charge in [0.1, 0.15) is 0 Å². The van der Waals surface area contributed by atoms with Gasteiger partial charge in [0.2, 0.25) is 0 Å². The average Bonchev–Trinajstić information content (AvgIpc) is 2.92. The number of aliphatic carboxylic acids is 1. The molecule has 2 aromatic carbocycles. The van der Waals surface area contributed by atoms with Crippen LogP contribution < -0.4 is 0 Å². The molecule has 1 aliphatic carbocycles. The molecule has 0 fully saturated rings. The van der Waals surface area contributed by atoms with Crippen molar-refractivity contribution in [2.45, 2.75) is 12.8 Å². The van der Waals surface area contributed by atoms with E-state index in [1.807, 2.05) is 6.07 Å². The van der Waals surface area contributed by atoms with Crippen molar-refractivity contribution in [3.05, 3.63) is 68.7 Å². The number of fused-ring (bicyclic) bond motifs is 1. The minimum Gasteiger partial charge on any atom is -0.481 e. The molecule has 0 saturated carbocycles. The number of carbonyl (C=O) groups is 2. The van der Waals surface area contributed by atoms with Crippen LogP contribution in [0.15, 0.2) is 36.4 Å². The zero-order valence-electron chi connectivity index (χ0n) is 11.5. The third-order valence-corrected chi connectivity index (χ3v) is 4.49. The summed E-state index contributed by atoms with van der Waals surface area (Å²) in [6.07, 6.45) is 0.964. The van der Waals surface area contributed by atoms with Crippen LogP contribution in [0.5, 0.6) is 0 Å². The number of halogens is 2. The Morgan fingerprint density at radius 3 is 2.45 bits per heavy atom. The van der Waals surface area contributed by atoms with Crippen molar-refractivity contribution in [1.29, 1.82) is 0 Å². The summed E-state index contributed by atoms with van der Waals surface area (Å²) in [5, 5.41) is 9.90. The molecule has 0 saturated heterocycles. The van der Waals surface area contributed by atoms with Gasteiger partial charge in [0, 0.05) is 16.1 Å². The Hall–Kier alpha value is -1.84. The largest absolute Gasteiger partial charge is 0.481 e. The van der Waals surface area contributed by atoms with Crippen LogP contribution in [0.2, 0.25) is 10.0 Å². The summed E-state index contributed by atoms with van der Waals surface area (Å²) in [6, 6.07) is 10.1. The molecule has 1 N–H and O–H groups in total. The molecule has 3 rings (SSSR count). The topological polar surface area (TPSA) is 54.4 Å². The lowest BCUT2D eigenvalue weighted by Crippen LogP contribution is -2.12. The zero-order chi connectivity index (χ0) is 15.9. The molecule has 3 nitrogen and oxygen atoms in total. The normalized spacial score (nSPS) is 16.4. The van der Waals surface area contributed by atoms with Gasteiger partial charge in [-0.3, -0.25) is 9.59 Å². The summed E-state index contributed by atoms with van der Waals surface area (Å²) < 4.78 is 0. The minimum absolute atomic E-state index is 0.214. The lowest BCUT2D eigenvalue weighted by atomic mass is 9.99. The Morgan fingerprint density at radius 1 is 1.00 bits per heavy atom. The van der Waals surface area contributed by atoms with E-state index in [0.717, 1.165) is 11.1 Å². The first-order valence-electron chi connectivity index (χ1n) is 6.80. The van der Waals surface area contributed by atoms with E-state index in [0.29, 0.717) is 34.0 Å². The molecular weight excluding hydrogens is 323 g/mol. The molecule has 0 radical (unpaired) electrons. The summed E-state index contributed by atoms with van der Waals surface area (Å²) in [5.74, 6) is -1.42. The van der Waals surface area contributed by atoms with Gasteiger partial charge >= 0.3 is 5.97 Å². The first-order chi connectivity index (χ1) is 10.5. The lowest BCUT2D eigenvalue weighted by molar-refractivity contribution is -0.141. The van der Waals surface area contributed by atoms with Gasteiger partial charge < -0.3 is 5.11 Å². The van der Waals surface area contributed by atoms with Gasteiger partial charge in [-0.1, -0.05) is 35.3 Å². The first-order valence-corrected chi connectivity index (χ1v) is 7.55. The number of ketones is 1. The highest BCUT2D eigenvalue weighted by atomic mass is 35.5. The molecule has 2 aromatic rings. The fraction of sp³-hybridized carbons (Fsp3) is 0.176. The monoisotopic (exact) mass is 334 g/mol. The Bertz CT molecular complexity index is 783. The van der Waals surface area contributed by atoms with Crippen LogP contribution in [0.3, 0.4) is 0 Å². The van der Waals surface area contributed by atoms with Crippen molar-refractivity contribution in [2.75, 3.05) is 0 Å². The third-order valence-electron chi connectivity index (χ3n) is 3.92. The van der Waals surface area contributed by atoms with Crippen LogP contribution in [-0.2, 0) is 17.6 Å². The van der Waals surface area contributed by atoms with E-state index < -0.39 is 11.9 Å². The molecule has 0 aromatic heterocycles. The van der Waals surface area contributed by atoms with Crippen molar-refractivity contribution in [3.63, 3.8) is 0 Å². The summed E-state index contributed by atoms with van der Waals surface area (Å²) in [5.41, 5.74) is 2.74. The number of rotatable bonds is 3. The van der Waals surface area contributed by atoms with Crippen molar-refractivity contribution in [2.24, 2.45) is 5.92 Å². The standard InChI is InChI=1S/C17H12Cl2O3/c18-13-3-4-15(19)14(8-13)16(20)10-2-1-9-5-12(17(21)22)7-11(9)6-10/h1-4,6,8,12H,5,7H2,(H,21,22). The highest BCUT2D eigenvalue weighted by Gasteiger charge is 2.27. The van der Waals surface area contributed by atoms with E-state index in [-0.39, 0.29) is 5.78 Å². The molecule has 0 amide bonds. The maximum Gasteiger partial charge on any atom is 0.307 e. The second-order valence-corrected chi connectivity index (χ2v) is 6.22. The van der Waals surface area contributed by atoms with E-state index in [1.54, 1.807) is 30.3 Å². The summed E-state index contributed by atoms with van der Waals surface area (Å²) in [7, 11) is 0. The molecule has 0 spiro atoms. The number of benzene rings is 2. The Balaban J connectivity index is 1.94. The van der Waals surface area contributed by atoms with Crippen LogP contribution >= 0.6 is 23.2 Å². The third kappa shape index (κ3) is 2.74. The van der Waals surface area contributed by atoms with E-state index in [1.165, 1.54) is 0 Å². The molecule has 0 bridgehead atoms. The molecular formula is C17H12Cl2O3. The number of hydrogen-bond donors (Lipinski definition) is 1. The van der Waals surface area contributed by atoms with Crippen LogP contribution in [0.25, 0.3) is 0 Å². The average molecular weight is 335 g/mol. The van der Waals surface area contributed by atoms with Gasteiger partial charge in [0.05, 0.1) is 10.9 Å². The SMILES string of the molecule is O=C(c1ccc2c(c1)CC(C(=O)O)C2)c1cc(Cl)ccc1Cl. The van der Waals surface area contributed by atoms with Gasteiger partial charge in [-0.15, -0.1) is 0 Å². The maximum absolute atomic E-state index is 12.6. The van der Waals surface area contributed by atoms with Gasteiger partial charge in [0.25, 0.3) is 0 Å². The predicted octanol–water partition coefficient (Wildman–Crippen LogP) is 4.02. The van der Waals surface area contributed by atoms with Crippen molar-refractivity contribution >= 4 is 35.0 Å². The molecule has 0 aliphatic heterocycles. The number of carboxylic acid groups (broad SMARTS) is 1. The van der Waals surface area contributed by atoms with E-state index >= 15 is 0 Å². The van der Waals surface area contributed by atoms with Crippen LogP contribution in [0.1, 0.15) is 27.0 Å². The van der Waals surface area contributed by atoms with Gasteiger partial charge in [-0.05, 0) is 48.2 Å². The smallest absolute Gasteiger partial charge is 0.307 e. The van der Waals surface area contributed by atoms with Crippen LogP contribution in [0, 0.1) is 5.92 Å².